The average Bonchev–Trinajstić information content (AvgIpc) is 2.41. The number of aromatic nitrogens is 1. The molecule has 0 fully saturated rings. The van der Waals surface area contributed by atoms with Crippen LogP contribution in [0.2, 0.25) is 0 Å². The van der Waals surface area contributed by atoms with Gasteiger partial charge < -0.3 is 15.6 Å². The van der Waals surface area contributed by atoms with Gasteiger partial charge in [-0.3, -0.25) is 14.4 Å². The molecule has 0 bridgehead atoms. The Balaban J connectivity index is 2.06. The van der Waals surface area contributed by atoms with Crippen LogP contribution in [-0.2, 0) is 4.79 Å². The van der Waals surface area contributed by atoms with E-state index in [0.29, 0.717) is 16.9 Å². The maximum Gasteiger partial charge on any atom is 0.257 e. The van der Waals surface area contributed by atoms with Crippen LogP contribution in [0.4, 0.5) is 11.4 Å². The van der Waals surface area contributed by atoms with E-state index in [2.05, 4.69) is 15.6 Å². The van der Waals surface area contributed by atoms with Crippen LogP contribution in [0, 0.1) is 0 Å². The number of pyridine rings is 1. The number of carbonyl (C=O) groups is 2. The van der Waals surface area contributed by atoms with Crippen molar-refractivity contribution in [3.8, 4) is 0 Å². The molecule has 6 heteroatoms. The van der Waals surface area contributed by atoms with Crippen molar-refractivity contribution in [3.63, 3.8) is 0 Å². The molecule has 2 aromatic rings. The van der Waals surface area contributed by atoms with Gasteiger partial charge in [0.1, 0.15) is 0 Å². The highest BCUT2D eigenvalue weighted by molar-refractivity contribution is 6.04. The second-order valence-electron chi connectivity index (χ2n) is 4.15. The fraction of sp³-hybridized carbons (Fsp3) is 0.0714. The highest BCUT2D eigenvalue weighted by Crippen LogP contribution is 2.14. The molecule has 0 radical (unpaired) electrons. The predicted octanol–water partition coefficient (Wildman–Crippen LogP) is 1.59. The Labute approximate surface area is 114 Å². The van der Waals surface area contributed by atoms with Crippen LogP contribution < -0.4 is 16.2 Å². The molecule has 3 N–H and O–H groups in total. The summed E-state index contributed by atoms with van der Waals surface area (Å²) < 4.78 is 0. The van der Waals surface area contributed by atoms with Crippen LogP contribution in [0.15, 0.2) is 47.4 Å². The molecule has 2 rings (SSSR count). The Bertz CT molecular complexity index is 669. The first-order valence-corrected chi connectivity index (χ1v) is 5.92. The normalized spacial score (nSPS) is 9.85. The van der Waals surface area contributed by atoms with Gasteiger partial charge in [0.2, 0.25) is 11.5 Å². The number of anilines is 2. The maximum absolute atomic E-state index is 11.9. The highest BCUT2D eigenvalue weighted by Gasteiger charge is 2.06. The van der Waals surface area contributed by atoms with Crippen molar-refractivity contribution >= 4 is 23.2 Å². The summed E-state index contributed by atoms with van der Waals surface area (Å²) >= 11 is 0. The summed E-state index contributed by atoms with van der Waals surface area (Å²) in [6.45, 7) is 1.42. The summed E-state index contributed by atoms with van der Waals surface area (Å²) in [5.74, 6) is -0.483. The van der Waals surface area contributed by atoms with Gasteiger partial charge in [0, 0.05) is 30.6 Å². The summed E-state index contributed by atoms with van der Waals surface area (Å²) in [7, 11) is 0. The molecule has 0 aliphatic carbocycles. The number of nitrogens with one attached hydrogen (secondary N) is 3. The van der Waals surface area contributed by atoms with Crippen molar-refractivity contribution < 1.29 is 9.59 Å². The molecule has 102 valence electrons. The Morgan fingerprint density at radius 1 is 0.950 bits per heavy atom. The topological polar surface area (TPSA) is 91.1 Å². The lowest BCUT2D eigenvalue weighted by atomic mass is 10.2. The van der Waals surface area contributed by atoms with E-state index >= 15 is 0 Å². The third kappa shape index (κ3) is 3.55. The number of rotatable bonds is 3. The maximum atomic E-state index is 11.9. The van der Waals surface area contributed by atoms with Gasteiger partial charge in [-0.05, 0) is 30.3 Å². The van der Waals surface area contributed by atoms with E-state index in [9.17, 15) is 14.4 Å². The van der Waals surface area contributed by atoms with Gasteiger partial charge in [0.15, 0.2) is 0 Å². The van der Waals surface area contributed by atoms with Crippen molar-refractivity contribution in [1.82, 2.24) is 4.98 Å². The fourth-order valence-electron chi connectivity index (χ4n) is 1.60. The number of hydrogen-bond acceptors (Lipinski definition) is 3. The molecule has 0 atom stereocenters. The zero-order valence-electron chi connectivity index (χ0n) is 10.8. The molecular formula is C14H13N3O3. The molecule has 1 aromatic carbocycles. The Kier molecular flexibility index (Phi) is 3.95. The lowest BCUT2D eigenvalue weighted by Gasteiger charge is -2.06. The van der Waals surface area contributed by atoms with E-state index in [1.807, 2.05) is 0 Å². The SMILES string of the molecule is CC(=O)Nc1ccc(NC(=O)c2ccc(=O)[nH]c2)cc1. The minimum Gasteiger partial charge on any atom is -0.328 e. The van der Waals surface area contributed by atoms with E-state index < -0.39 is 0 Å². The van der Waals surface area contributed by atoms with E-state index in [0.717, 1.165) is 0 Å². The average molecular weight is 271 g/mol. The number of H-pyrrole nitrogens is 1. The second kappa shape index (κ2) is 5.83. The lowest BCUT2D eigenvalue weighted by Crippen LogP contribution is -2.14. The zero-order valence-corrected chi connectivity index (χ0v) is 10.8. The minimum atomic E-state index is -0.325. The predicted molar refractivity (Wildman–Crippen MR) is 75.8 cm³/mol. The molecule has 0 saturated carbocycles. The third-order valence-corrected chi connectivity index (χ3v) is 2.51. The van der Waals surface area contributed by atoms with Crippen LogP contribution >= 0.6 is 0 Å². The van der Waals surface area contributed by atoms with Gasteiger partial charge in [-0.25, -0.2) is 0 Å². The molecule has 0 aliphatic rings. The monoisotopic (exact) mass is 271 g/mol. The number of carbonyl (C=O) groups excluding carboxylic acids is 2. The third-order valence-electron chi connectivity index (χ3n) is 2.51. The van der Waals surface area contributed by atoms with Crippen molar-refractivity contribution in [2.24, 2.45) is 0 Å². The van der Waals surface area contributed by atoms with Crippen LogP contribution in [-0.4, -0.2) is 16.8 Å². The molecule has 6 nitrogen and oxygen atoms in total. The fourth-order valence-corrected chi connectivity index (χ4v) is 1.60. The summed E-state index contributed by atoms with van der Waals surface area (Å²) in [5, 5.41) is 5.32. The van der Waals surface area contributed by atoms with E-state index in [1.165, 1.54) is 25.3 Å². The standard InChI is InChI=1S/C14H13N3O3/c1-9(18)16-11-3-5-12(6-4-11)17-14(20)10-2-7-13(19)15-8-10/h2-8H,1H3,(H,15,19)(H,16,18)(H,17,20). The molecule has 20 heavy (non-hydrogen) atoms. The second-order valence-corrected chi connectivity index (χ2v) is 4.15. The van der Waals surface area contributed by atoms with Gasteiger partial charge >= 0.3 is 0 Å². The van der Waals surface area contributed by atoms with Crippen LogP contribution in [0.25, 0.3) is 0 Å². The number of amides is 2. The van der Waals surface area contributed by atoms with Gasteiger partial charge in [-0.1, -0.05) is 0 Å². The van der Waals surface area contributed by atoms with Gasteiger partial charge in [-0.2, -0.15) is 0 Å². The molecule has 1 aromatic heterocycles. The first kappa shape index (κ1) is 13.5. The van der Waals surface area contributed by atoms with Crippen molar-refractivity contribution in [2.45, 2.75) is 6.92 Å². The molecule has 0 aliphatic heterocycles. The van der Waals surface area contributed by atoms with Gasteiger partial charge in [0.25, 0.3) is 5.91 Å². The smallest absolute Gasteiger partial charge is 0.257 e. The van der Waals surface area contributed by atoms with Crippen molar-refractivity contribution in [1.29, 1.82) is 0 Å². The van der Waals surface area contributed by atoms with Crippen molar-refractivity contribution in [3.05, 3.63) is 58.5 Å². The first-order valence-electron chi connectivity index (χ1n) is 5.92. The Morgan fingerprint density at radius 2 is 1.55 bits per heavy atom. The lowest BCUT2D eigenvalue weighted by molar-refractivity contribution is -0.114. The molecular weight excluding hydrogens is 258 g/mol. The van der Waals surface area contributed by atoms with Crippen LogP contribution in [0.5, 0.6) is 0 Å². The van der Waals surface area contributed by atoms with Gasteiger partial charge in [0.05, 0.1) is 5.56 Å². The largest absolute Gasteiger partial charge is 0.328 e. The Hall–Kier alpha value is -2.89. The number of hydrogen-bond donors (Lipinski definition) is 3. The zero-order chi connectivity index (χ0) is 14.5. The first-order chi connectivity index (χ1) is 9.54. The van der Waals surface area contributed by atoms with Crippen LogP contribution in [0.1, 0.15) is 17.3 Å². The summed E-state index contributed by atoms with van der Waals surface area (Å²) in [6.07, 6.45) is 1.35. The van der Waals surface area contributed by atoms with Crippen molar-refractivity contribution in [2.75, 3.05) is 10.6 Å². The minimum absolute atomic E-state index is 0.157. The van der Waals surface area contributed by atoms with Gasteiger partial charge in [-0.15, -0.1) is 0 Å². The number of aromatic amines is 1. The Morgan fingerprint density at radius 3 is 2.05 bits per heavy atom. The molecule has 0 spiro atoms. The summed E-state index contributed by atoms with van der Waals surface area (Å²) in [4.78, 5) is 36.1. The molecule has 1 heterocycles. The van der Waals surface area contributed by atoms with Crippen LogP contribution in [0.3, 0.4) is 0 Å². The summed E-state index contributed by atoms with van der Waals surface area (Å²) in [6, 6.07) is 9.45. The number of benzene rings is 1. The highest BCUT2D eigenvalue weighted by atomic mass is 16.2. The molecule has 0 saturated heterocycles. The molecule has 0 unspecified atom stereocenters. The molecule has 2 amide bonds. The van der Waals surface area contributed by atoms with E-state index in [4.69, 9.17) is 0 Å². The van der Waals surface area contributed by atoms with E-state index in [1.54, 1.807) is 24.3 Å². The quantitative estimate of drug-likeness (QED) is 0.791. The van der Waals surface area contributed by atoms with E-state index in [-0.39, 0.29) is 17.4 Å². The summed E-state index contributed by atoms with van der Waals surface area (Å²) in [5.41, 5.74) is 1.34.